The van der Waals surface area contributed by atoms with E-state index in [1.807, 2.05) is 29.2 Å². The van der Waals surface area contributed by atoms with E-state index in [0.29, 0.717) is 37.5 Å². The Morgan fingerprint density at radius 2 is 1.79 bits per heavy atom. The zero-order valence-electron chi connectivity index (χ0n) is 15.5. The summed E-state index contributed by atoms with van der Waals surface area (Å²) in [6, 6.07) is 12.7. The van der Waals surface area contributed by atoms with E-state index in [2.05, 4.69) is 4.98 Å². The average molecular weight is 404 g/mol. The van der Waals surface area contributed by atoms with Crippen molar-refractivity contribution in [1.82, 2.24) is 4.98 Å². The number of carbonyl (C=O) groups excluding carboxylic acids is 1. The zero-order chi connectivity index (χ0) is 20.4. The molecule has 0 radical (unpaired) electrons. The first kappa shape index (κ1) is 19.3. The minimum Gasteiger partial charge on any atom is -0.461 e. The number of alkyl halides is 3. The van der Waals surface area contributed by atoms with Gasteiger partial charge in [-0.15, -0.1) is 0 Å². The average Bonchev–Trinajstić information content (AvgIpc) is 3.16. The Hall–Kier alpha value is -3.03. The first-order valence-corrected chi connectivity index (χ1v) is 9.33. The molecule has 152 valence electrons. The highest BCUT2D eigenvalue weighted by Crippen LogP contribution is 2.30. The van der Waals surface area contributed by atoms with Gasteiger partial charge >= 0.3 is 12.1 Å². The normalized spacial score (nSPS) is 15.6. The van der Waals surface area contributed by atoms with Crippen molar-refractivity contribution in [2.45, 2.75) is 25.6 Å². The molecule has 0 unspecified atom stereocenters. The summed E-state index contributed by atoms with van der Waals surface area (Å²) < 4.78 is 48.8. The van der Waals surface area contributed by atoms with E-state index < -0.39 is 11.7 Å². The molecule has 2 aromatic carbocycles. The second-order valence-corrected chi connectivity index (χ2v) is 7.03. The number of piperidine rings is 1. The topological polar surface area (TPSA) is 55.6 Å². The number of halogens is 3. The molecule has 1 saturated heterocycles. The highest BCUT2D eigenvalue weighted by molar-refractivity contribution is 5.75. The fraction of sp³-hybridized carbons (Fsp3) is 0.333. The third kappa shape index (κ3) is 4.36. The van der Waals surface area contributed by atoms with Gasteiger partial charge in [0.1, 0.15) is 12.1 Å². The number of hydrogen-bond donors (Lipinski definition) is 0. The van der Waals surface area contributed by atoms with E-state index >= 15 is 0 Å². The molecule has 1 aliphatic heterocycles. The summed E-state index contributed by atoms with van der Waals surface area (Å²) in [5.74, 6) is -0.577. The van der Waals surface area contributed by atoms with Crippen molar-refractivity contribution in [3.05, 3.63) is 59.7 Å². The maximum absolute atomic E-state index is 12.6. The lowest BCUT2D eigenvalue weighted by molar-refractivity contribution is -0.150. The second kappa shape index (κ2) is 7.77. The molecule has 0 aliphatic carbocycles. The van der Waals surface area contributed by atoms with Crippen molar-refractivity contribution >= 4 is 23.1 Å². The fourth-order valence-corrected chi connectivity index (χ4v) is 3.36. The molecule has 0 spiro atoms. The number of para-hydroxylation sites is 2. The van der Waals surface area contributed by atoms with Gasteiger partial charge < -0.3 is 14.1 Å². The molecule has 5 nitrogen and oxygen atoms in total. The van der Waals surface area contributed by atoms with Gasteiger partial charge in [0.25, 0.3) is 6.01 Å². The molecular weight excluding hydrogens is 385 g/mol. The van der Waals surface area contributed by atoms with Gasteiger partial charge in [0.05, 0.1) is 11.5 Å². The molecule has 1 aromatic heterocycles. The van der Waals surface area contributed by atoms with Crippen LogP contribution in [-0.2, 0) is 22.3 Å². The largest absolute Gasteiger partial charge is 0.461 e. The Balaban J connectivity index is 1.28. The molecule has 1 fully saturated rings. The SMILES string of the molecule is O=C(OCc1ccc(C(F)(F)F)cc1)C1CCN(c2nc3ccccc3o2)CC1. The number of carbonyl (C=O) groups is 1. The molecule has 4 rings (SSSR count). The Morgan fingerprint density at radius 3 is 2.45 bits per heavy atom. The number of nitrogens with zero attached hydrogens (tertiary/aromatic N) is 2. The van der Waals surface area contributed by atoms with Crippen LogP contribution in [0.15, 0.2) is 52.9 Å². The summed E-state index contributed by atoms with van der Waals surface area (Å²) in [6.07, 6.45) is -3.17. The van der Waals surface area contributed by atoms with Gasteiger partial charge in [-0.3, -0.25) is 4.79 Å². The third-order valence-electron chi connectivity index (χ3n) is 5.04. The molecule has 29 heavy (non-hydrogen) atoms. The predicted octanol–water partition coefficient (Wildman–Crippen LogP) is 4.81. The van der Waals surface area contributed by atoms with Crippen molar-refractivity contribution in [3.63, 3.8) is 0 Å². The van der Waals surface area contributed by atoms with E-state index in [4.69, 9.17) is 9.15 Å². The van der Waals surface area contributed by atoms with Crippen LogP contribution in [0.4, 0.5) is 19.2 Å². The lowest BCUT2D eigenvalue weighted by Crippen LogP contribution is -2.37. The highest BCUT2D eigenvalue weighted by atomic mass is 19.4. The summed E-state index contributed by atoms with van der Waals surface area (Å²) in [6.45, 7) is 1.20. The van der Waals surface area contributed by atoms with E-state index in [0.717, 1.165) is 23.2 Å². The fourth-order valence-electron chi connectivity index (χ4n) is 3.36. The molecule has 2 heterocycles. The van der Waals surface area contributed by atoms with E-state index in [9.17, 15) is 18.0 Å². The minimum atomic E-state index is -4.38. The maximum atomic E-state index is 12.6. The predicted molar refractivity (Wildman–Crippen MR) is 100 cm³/mol. The van der Waals surface area contributed by atoms with Crippen LogP contribution in [0.2, 0.25) is 0 Å². The van der Waals surface area contributed by atoms with Crippen LogP contribution in [0.3, 0.4) is 0 Å². The molecule has 0 atom stereocenters. The summed E-state index contributed by atoms with van der Waals surface area (Å²) in [5, 5.41) is 0. The van der Waals surface area contributed by atoms with Crippen LogP contribution in [0, 0.1) is 5.92 Å². The smallest absolute Gasteiger partial charge is 0.416 e. The van der Waals surface area contributed by atoms with Gasteiger partial charge in [-0.2, -0.15) is 18.2 Å². The van der Waals surface area contributed by atoms with Crippen LogP contribution in [0.1, 0.15) is 24.0 Å². The van der Waals surface area contributed by atoms with Crippen LogP contribution >= 0.6 is 0 Å². The Labute approximate surface area is 165 Å². The Morgan fingerprint density at radius 1 is 1.10 bits per heavy atom. The monoisotopic (exact) mass is 404 g/mol. The molecule has 1 aliphatic rings. The van der Waals surface area contributed by atoms with Crippen molar-refractivity contribution in [1.29, 1.82) is 0 Å². The number of benzene rings is 2. The molecule has 0 bridgehead atoms. The number of anilines is 1. The maximum Gasteiger partial charge on any atom is 0.416 e. The molecular formula is C21H19F3N2O3. The van der Waals surface area contributed by atoms with Gasteiger partial charge in [-0.05, 0) is 42.7 Å². The summed E-state index contributed by atoms with van der Waals surface area (Å²) in [4.78, 5) is 18.8. The number of rotatable bonds is 4. The van der Waals surface area contributed by atoms with Crippen molar-refractivity contribution < 1.29 is 27.1 Å². The zero-order valence-corrected chi connectivity index (χ0v) is 15.5. The van der Waals surface area contributed by atoms with Crippen molar-refractivity contribution in [2.24, 2.45) is 5.92 Å². The summed E-state index contributed by atoms with van der Waals surface area (Å²) in [7, 11) is 0. The number of hydrogen-bond acceptors (Lipinski definition) is 5. The molecule has 0 amide bonds. The summed E-state index contributed by atoms with van der Waals surface area (Å²) >= 11 is 0. The highest BCUT2D eigenvalue weighted by Gasteiger charge is 2.30. The number of aromatic nitrogens is 1. The van der Waals surface area contributed by atoms with Crippen LogP contribution < -0.4 is 4.90 Å². The van der Waals surface area contributed by atoms with Crippen molar-refractivity contribution in [2.75, 3.05) is 18.0 Å². The van der Waals surface area contributed by atoms with Gasteiger partial charge in [-0.25, -0.2) is 0 Å². The number of esters is 1. The minimum absolute atomic E-state index is 0.0394. The van der Waals surface area contributed by atoms with Gasteiger partial charge in [0.2, 0.25) is 0 Å². The number of fused-ring (bicyclic) bond motifs is 1. The van der Waals surface area contributed by atoms with E-state index in [1.165, 1.54) is 12.1 Å². The van der Waals surface area contributed by atoms with Gasteiger partial charge in [0, 0.05) is 13.1 Å². The first-order chi connectivity index (χ1) is 13.9. The lowest BCUT2D eigenvalue weighted by Gasteiger charge is -2.29. The molecule has 0 N–H and O–H groups in total. The standard InChI is InChI=1S/C21H19F3N2O3/c22-21(23,24)16-7-5-14(6-8-16)13-28-19(27)15-9-11-26(12-10-15)20-25-17-3-1-2-4-18(17)29-20/h1-8,15H,9-13H2. The molecule has 3 aromatic rings. The molecule has 8 heteroatoms. The molecule has 0 saturated carbocycles. The number of oxazole rings is 1. The lowest BCUT2D eigenvalue weighted by atomic mass is 9.97. The van der Waals surface area contributed by atoms with Gasteiger partial charge in [0.15, 0.2) is 5.58 Å². The quantitative estimate of drug-likeness (QED) is 0.585. The van der Waals surface area contributed by atoms with Crippen LogP contribution in [0.25, 0.3) is 11.1 Å². The van der Waals surface area contributed by atoms with E-state index in [1.54, 1.807) is 0 Å². The summed E-state index contributed by atoms with van der Waals surface area (Å²) in [5.41, 5.74) is 1.32. The third-order valence-corrected chi connectivity index (χ3v) is 5.04. The van der Waals surface area contributed by atoms with Crippen molar-refractivity contribution in [3.8, 4) is 0 Å². The van der Waals surface area contributed by atoms with Crippen LogP contribution in [-0.4, -0.2) is 24.0 Å². The van der Waals surface area contributed by atoms with Gasteiger partial charge in [-0.1, -0.05) is 24.3 Å². The Kier molecular flexibility index (Phi) is 5.17. The second-order valence-electron chi connectivity index (χ2n) is 7.03. The first-order valence-electron chi connectivity index (χ1n) is 9.33. The van der Waals surface area contributed by atoms with E-state index in [-0.39, 0.29) is 18.5 Å². The Bertz CT molecular complexity index is 957. The van der Waals surface area contributed by atoms with Crippen LogP contribution in [0.5, 0.6) is 0 Å². The number of ether oxygens (including phenoxy) is 1.